The second-order valence-electron chi connectivity index (χ2n) is 4.19. The van der Waals surface area contributed by atoms with Crippen LogP contribution in [-0.2, 0) is 6.42 Å². The van der Waals surface area contributed by atoms with Crippen molar-refractivity contribution in [2.75, 3.05) is 0 Å². The van der Waals surface area contributed by atoms with E-state index in [9.17, 15) is 9.50 Å². The van der Waals surface area contributed by atoms with Gasteiger partial charge in [0.1, 0.15) is 11.9 Å². The Labute approximate surface area is 114 Å². The summed E-state index contributed by atoms with van der Waals surface area (Å²) in [4.78, 5) is 4.02. The second kappa shape index (κ2) is 5.64. The third kappa shape index (κ3) is 3.09. The van der Waals surface area contributed by atoms with E-state index >= 15 is 0 Å². The molecule has 2 aromatic rings. The van der Waals surface area contributed by atoms with Gasteiger partial charge >= 0.3 is 0 Å². The van der Waals surface area contributed by atoms with Crippen LogP contribution in [0.15, 0.2) is 22.7 Å². The molecule has 2 unspecified atom stereocenters. The molecule has 7 heteroatoms. The van der Waals surface area contributed by atoms with Gasteiger partial charge in [0, 0.05) is 17.0 Å². The second-order valence-corrected chi connectivity index (χ2v) is 4.60. The highest BCUT2D eigenvalue weighted by atomic mass is 35.5. The smallest absolute Gasteiger partial charge is 0.246 e. The molecule has 1 aromatic carbocycles. The van der Waals surface area contributed by atoms with E-state index in [0.29, 0.717) is 10.6 Å². The van der Waals surface area contributed by atoms with Crippen LogP contribution in [0.25, 0.3) is 0 Å². The number of aliphatic hydroxyl groups is 1. The first-order valence-corrected chi connectivity index (χ1v) is 6.06. The summed E-state index contributed by atoms with van der Waals surface area (Å²) in [5, 5.41) is 13.3. The highest BCUT2D eigenvalue weighted by Crippen LogP contribution is 2.22. The van der Waals surface area contributed by atoms with E-state index in [-0.39, 0.29) is 18.1 Å². The summed E-state index contributed by atoms with van der Waals surface area (Å²) in [6, 6.07) is 3.65. The van der Waals surface area contributed by atoms with Gasteiger partial charge < -0.3 is 15.4 Å². The standard InChI is InChI=1S/C12H13ClFN3O2/c1-6(18)11(15)12-16-10(17-19-12)5-7-8(13)3-2-4-9(7)14/h2-4,6,11,18H,5,15H2,1H3. The minimum atomic E-state index is -0.814. The topological polar surface area (TPSA) is 85.2 Å². The van der Waals surface area contributed by atoms with Crippen LogP contribution in [-0.4, -0.2) is 21.4 Å². The Bertz CT molecular complexity index is 554. The molecule has 0 spiro atoms. The summed E-state index contributed by atoms with van der Waals surface area (Å²) < 4.78 is 18.5. The molecule has 0 aliphatic carbocycles. The monoisotopic (exact) mass is 285 g/mol. The van der Waals surface area contributed by atoms with Crippen molar-refractivity contribution in [1.29, 1.82) is 0 Å². The van der Waals surface area contributed by atoms with Crippen molar-refractivity contribution in [3.05, 3.63) is 46.3 Å². The minimum absolute atomic E-state index is 0.0987. The van der Waals surface area contributed by atoms with Gasteiger partial charge in [0.15, 0.2) is 5.82 Å². The molecule has 0 bridgehead atoms. The quantitative estimate of drug-likeness (QED) is 0.895. The predicted octanol–water partition coefficient (Wildman–Crippen LogP) is 1.83. The number of aromatic nitrogens is 2. The normalized spacial score (nSPS) is 14.4. The number of benzene rings is 1. The molecule has 3 N–H and O–H groups in total. The summed E-state index contributed by atoms with van der Waals surface area (Å²) >= 11 is 5.91. The van der Waals surface area contributed by atoms with Gasteiger partial charge in [-0.15, -0.1) is 0 Å². The van der Waals surface area contributed by atoms with Crippen LogP contribution < -0.4 is 5.73 Å². The third-order valence-corrected chi connectivity index (χ3v) is 3.04. The van der Waals surface area contributed by atoms with Crippen molar-refractivity contribution in [2.45, 2.75) is 25.5 Å². The molecule has 0 radical (unpaired) electrons. The maximum atomic E-state index is 13.6. The van der Waals surface area contributed by atoms with E-state index in [4.69, 9.17) is 21.9 Å². The zero-order valence-electron chi connectivity index (χ0n) is 10.2. The fourth-order valence-electron chi connectivity index (χ4n) is 1.54. The predicted molar refractivity (Wildman–Crippen MR) is 67.1 cm³/mol. The number of nitrogens with two attached hydrogens (primary N) is 1. The molecule has 5 nitrogen and oxygen atoms in total. The van der Waals surface area contributed by atoms with E-state index in [1.807, 2.05) is 0 Å². The molecule has 0 saturated heterocycles. The van der Waals surface area contributed by atoms with Gasteiger partial charge in [-0.2, -0.15) is 4.98 Å². The van der Waals surface area contributed by atoms with Gasteiger partial charge in [-0.3, -0.25) is 0 Å². The Hall–Kier alpha value is -1.50. The van der Waals surface area contributed by atoms with Gasteiger partial charge in [0.25, 0.3) is 0 Å². The molecule has 0 aliphatic rings. The van der Waals surface area contributed by atoms with E-state index in [1.54, 1.807) is 6.07 Å². The molecule has 1 aromatic heterocycles. The zero-order chi connectivity index (χ0) is 14.0. The number of halogens is 2. The Morgan fingerprint density at radius 2 is 2.26 bits per heavy atom. The van der Waals surface area contributed by atoms with Gasteiger partial charge in [-0.1, -0.05) is 22.8 Å². The van der Waals surface area contributed by atoms with Crippen molar-refractivity contribution < 1.29 is 14.0 Å². The van der Waals surface area contributed by atoms with Gasteiger partial charge in [0.2, 0.25) is 5.89 Å². The highest BCUT2D eigenvalue weighted by molar-refractivity contribution is 6.31. The summed E-state index contributed by atoms with van der Waals surface area (Å²) in [6.07, 6.45) is -0.716. The van der Waals surface area contributed by atoms with Gasteiger partial charge in [-0.05, 0) is 19.1 Å². The van der Waals surface area contributed by atoms with E-state index in [2.05, 4.69) is 10.1 Å². The van der Waals surface area contributed by atoms with Crippen LogP contribution in [0.1, 0.15) is 30.2 Å². The Morgan fingerprint density at radius 1 is 1.53 bits per heavy atom. The summed E-state index contributed by atoms with van der Waals surface area (Å²) in [7, 11) is 0. The van der Waals surface area contributed by atoms with Crippen LogP contribution in [0.4, 0.5) is 4.39 Å². The van der Waals surface area contributed by atoms with E-state index in [0.717, 1.165) is 0 Å². The lowest BCUT2D eigenvalue weighted by molar-refractivity contribution is 0.146. The third-order valence-electron chi connectivity index (χ3n) is 2.69. The molecule has 1 heterocycles. The minimum Gasteiger partial charge on any atom is -0.391 e. The van der Waals surface area contributed by atoms with Crippen molar-refractivity contribution in [2.24, 2.45) is 5.73 Å². The van der Waals surface area contributed by atoms with E-state index in [1.165, 1.54) is 19.1 Å². The van der Waals surface area contributed by atoms with Crippen LogP contribution in [0.2, 0.25) is 5.02 Å². The SMILES string of the molecule is CC(O)C(N)c1nc(Cc2c(F)cccc2Cl)no1. The van der Waals surface area contributed by atoms with Gasteiger partial charge in [0.05, 0.1) is 6.10 Å². The lowest BCUT2D eigenvalue weighted by Gasteiger charge is -2.08. The number of aliphatic hydroxyl groups excluding tert-OH is 1. The Balaban J connectivity index is 2.21. The molecule has 0 amide bonds. The van der Waals surface area contributed by atoms with Crippen LogP contribution in [0.3, 0.4) is 0 Å². The number of nitrogens with zero attached hydrogens (tertiary/aromatic N) is 2. The van der Waals surface area contributed by atoms with Gasteiger partial charge in [-0.25, -0.2) is 4.39 Å². The average Bonchev–Trinajstić information content (AvgIpc) is 2.81. The van der Waals surface area contributed by atoms with Crippen molar-refractivity contribution in [3.63, 3.8) is 0 Å². The largest absolute Gasteiger partial charge is 0.391 e. The Kier molecular flexibility index (Phi) is 4.14. The van der Waals surface area contributed by atoms with Crippen molar-refractivity contribution in [3.8, 4) is 0 Å². The van der Waals surface area contributed by atoms with Crippen molar-refractivity contribution >= 4 is 11.6 Å². The van der Waals surface area contributed by atoms with E-state index < -0.39 is 18.0 Å². The number of rotatable bonds is 4. The molecular weight excluding hydrogens is 273 g/mol. The molecular formula is C12H13ClFN3O2. The number of hydrogen-bond acceptors (Lipinski definition) is 5. The van der Waals surface area contributed by atoms with Crippen molar-refractivity contribution in [1.82, 2.24) is 10.1 Å². The molecule has 0 fully saturated rings. The lowest BCUT2D eigenvalue weighted by atomic mass is 10.1. The molecule has 0 aliphatic heterocycles. The summed E-state index contributed by atoms with van der Waals surface area (Å²) in [5.74, 6) is -0.0609. The fraction of sp³-hybridized carbons (Fsp3) is 0.333. The molecule has 102 valence electrons. The fourth-order valence-corrected chi connectivity index (χ4v) is 1.77. The number of hydrogen-bond donors (Lipinski definition) is 2. The molecule has 2 rings (SSSR count). The first-order chi connectivity index (χ1) is 8.99. The van der Waals surface area contributed by atoms with Crippen LogP contribution in [0, 0.1) is 5.82 Å². The maximum Gasteiger partial charge on any atom is 0.246 e. The Morgan fingerprint density at radius 3 is 2.89 bits per heavy atom. The molecule has 19 heavy (non-hydrogen) atoms. The molecule has 0 saturated carbocycles. The van der Waals surface area contributed by atoms with Crippen LogP contribution in [0.5, 0.6) is 0 Å². The zero-order valence-corrected chi connectivity index (χ0v) is 10.9. The lowest BCUT2D eigenvalue weighted by Crippen LogP contribution is -2.23. The summed E-state index contributed by atoms with van der Waals surface area (Å²) in [5.41, 5.74) is 5.95. The van der Waals surface area contributed by atoms with Crippen LogP contribution >= 0.6 is 11.6 Å². The average molecular weight is 286 g/mol. The first kappa shape index (κ1) is 13.9. The summed E-state index contributed by atoms with van der Waals surface area (Å²) in [6.45, 7) is 1.52. The highest BCUT2D eigenvalue weighted by Gasteiger charge is 2.20. The molecule has 2 atom stereocenters. The first-order valence-electron chi connectivity index (χ1n) is 5.68. The maximum absolute atomic E-state index is 13.6.